The van der Waals surface area contributed by atoms with E-state index in [1.165, 1.54) is 9.13 Å². The molecule has 0 amide bonds. The molecule has 0 aliphatic carbocycles. The molecule has 0 fully saturated rings. The Morgan fingerprint density at radius 1 is 1.26 bits per heavy atom. The van der Waals surface area contributed by atoms with Crippen molar-refractivity contribution in [3.63, 3.8) is 0 Å². The summed E-state index contributed by atoms with van der Waals surface area (Å²) < 4.78 is 5.04. The van der Waals surface area contributed by atoms with E-state index < -0.39 is 0 Å². The average molecular weight is 445 g/mol. The monoisotopic (exact) mass is 444 g/mol. The molecule has 1 heterocycles. The number of aromatic amines is 1. The summed E-state index contributed by atoms with van der Waals surface area (Å²) in [6.45, 7) is 2.08. The molecule has 0 spiro atoms. The molecular formula is C14H10BrIN2S. The summed E-state index contributed by atoms with van der Waals surface area (Å²) in [5.41, 5.74) is 4.42. The van der Waals surface area contributed by atoms with Gasteiger partial charge in [0, 0.05) is 8.04 Å². The third kappa shape index (κ3) is 2.28. The summed E-state index contributed by atoms with van der Waals surface area (Å²) in [5.74, 6) is 0. The van der Waals surface area contributed by atoms with E-state index in [4.69, 9.17) is 12.2 Å². The summed E-state index contributed by atoms with van der Waals surface area (Å²) in [4.78, 5) is 3.27. The van der Waals surface area contributed by atoms with Crippen LogP contribution in [0.1, 0.15) is 5.56 Å². The highest BCUT2D eigenvalue weighted by Gasteiger charge is 2.10. The number of aromatic nitrogens is 2. The van der Waals surface area contributed by atoms with E-state index in [1.807, 2.05) is 6.07 Å². The van der Waals surface area contributed by atoms with Gasteiger partial charge in [0.15, 0.2) is 4.77 Å². The van der Waals surface area contributed by atoms with Gasteiger partial charge in [-0.2, -0.15) is 0 Å². The number of benzene rings is 2. The van der Waals surface area contributed by atoms with E-state index in [9.17, 15) is 0 Å². The number of fused-ring (bicyclic) bond motifs is 1. The highest BCUT2D eigenvalue weighted by molar-refractivity contribution is 14.1. The Morgan fingerprint density at radius 2 is 2.05 bits per heavy atom. The van der Waals surface area contributed by atoms with Gasteiger partial charge in [-0.05, 0) is 87.5 Å². The maximum absolute atomic E-state index is 5.47. The number of nitrogens with one attached hydrogen (secondary N) is 1. The lowest BCUT2D eigenvalue weighted by Crippen LogP contribution is -1.96. The maximum atomic E-state index is 5.47. The molecule has 3 aromatic rings. The molecule has 2 nitrogen and oxygen atoms in total. The molecule has 96 valence electrons. The first-order chi connectivity index (χ1) is 9.08. The van der Waals surface area contributed by atoms with Crippen LogP contribution in [-0.4, -0.2) is 9.55 Å². The fraction of sp³-hybridized carbons (Fsp3) is 0.0714. The van der Waals surface area contributed by atoms with Crippen molar-refractivity contribution in [2.75, 3.05) is 0 Å². The van der Waals surface area contributed by atoms with Gasteiger partial charge in [-0.3, -0.25) is 4.57 Å². The predicted octanol–water partition coefficient (Wildman–Crippen LogP) is 5.36. The standard InChI is InChI=1S/C14H10BrIN2S/c1-8-3-2-4-12(13(8)15)18-11-6-5-9(16)7-10(11)17-14(18)19/h2-7H,1H3,(H,17,19). The molecule has 1 aromatic heterocycles. The van der Waals surface area contributed by atoms with Crippen molar-refractivity contribution in [2.45, 2.75) is 6.92 Å². The zero-order valence-electron chi connectivity index (χ0n) is 10.1. The number of rotatable bonds is 1. The first kappa shape index (κ1) is 13.3. The van der Waals surface area contributed by atoms with Crippen molar-refractivity contribution in [2.24, 2.45) is 0 Å². The SMILES string of the molecule is Cc1cccc(-n2c(=S)[nH]c3cc(I)ccc32)c1Br. The van der Waals surface area contributed by atoms with Crippen LogP contribution in [0.5, 0.6) is 0 Å². The quantitative estimate of drug-likeness (QED) is 0.395. The van der Waals surface area contributed by atoms with Crippen LogP contribution in [0.3, 0.4) is 0 Å². The first-order valence-electron chi connectivity index (χ1n) is 5.73. The molecule has 0 unspecified atom stereocenters. The minimum Gasteiger partial charge on any atom is -0.330 e. The number of hydrogen-bond acceptors (Lipinski definition) is 1. The second-order valence-corrected chi connectivity index (χ2v) is 6.76. The molecule has 2 aromatic carbocycles. The van der Waals surface area contributed by atoms with Crippen LogP contribution in [-0.2, 0) is 0 Å². The van der Waals surface area contributed by atoms with E-state index in [0.29, 0.717) is 4.77 Å². The molecule has 5 heteroatoms. The Balaban J connectivity index is 2.40. The topological polar surface area (TPSA) is 20.7 Å². The van der Waals surface area contributed by atoms with Crippen molar-refractivity contribution in [1.29, 1.82) is 0 Å². The number of nitrogens with zero attached hydrogens (tertiary/aromatic N) is 1. The van der Waals surface area contributed by atoms with Crippen molar-refractivity contribution in [3.8, 4) is 5.69 Å². The number of aryl methyl sites for hydroxylation is 1. The molecule has 0 aliphatic rings. The van der Waals surface area contributed by atoms with Gasteiger partial charge in [0.25, 0.3) is 0 Å². The molecule has 0 bridgehead atoms. The maximum Gasteiger partial charge on any atom is 0.182 e. The Labute approximate surface area is 138 Å². The molecule has 0 saturated carbocycles. The molecular weight excluding hydrogens is 435 g/mol. The van der Waals surface area contributed by atoms with Gasteiger partial charge in [0.1, 0.15) is 0 Å². The summed E-state index contributed by atoms with van der Waals surface area (Å²) in [5, 5.41) is 0. The molecule has 0 radical (unpaired) electrons. The van der Waals surface area contributed by atoms with Crippen LogP contribution in [0.25, 0.3) is 16.7 Å². The third-order valence-corrected chi connectivity index (χ3v) is 5.04. The van der Waals surface area contributed by atoms with Crippen LogP contribution in [0, 0.1) is 15.3 Å². The van der Waals surface area contributed by atoms with Gasteiger partial charge >= 0.3 is 0 Å². The molecule has 19 heavy (non-hydrogen) atoms. The van der Waals surface area contributed by atoms with Crippen LogP contribution in [0.15, 0.2) is 40.9 Å². The summed E-state index contributed by atoms with van der Waals surface area (Å²) >= 11 is 11.4. The van der Waals surface area contributed by atoms with Gasteiger partial charge in [-0.25, -0.2) is 0 Å². The zero-order valence-corrected chi connectivity index (χ0v) is 14.6. The van der Waals surface area contributed by atoms with Gasteiger partial charge in [-0.15, -0.1) is 0 Å². The zero-order chi connectivity index (χ0) is 13.6. The Hall–Kier alpha value is -0.660. The van der Waals surface area contributed by atoms with Crippen molar-refractivity contribution in [1.82, 2.24) is 9.55 Å². The molecule has 1 N–H and O–H groups in total. The van der Waals surface area contributed by atoms with E-state index in [0.717, 1.165) is 21.2 Å². The van der Waals surface area contributed by atoms with Crippen molar-refractivity contribution < 1.29 is 0 Å². The van der Waals surface area contributed by atoms with E-state index in [-0.39, 0.29) is 0 Å². The Bertz CT molecular complexity index is 835. The van der Waals surface area contributed by atoms with Crippen LogP contribution in [0.4, 0.5) is 0 Å². The largest absolute Gasteiger partial charge is 0.330 e. The second-order valence-electron chi connectivity index (χ2n) is 4.34. The summed E-state index contributed by atoms with van der Waals surface area (Å²) in [6, 6.07) is 12.5. The third-order valence-electron chi connectivity index (χ3n) is 3.06. The number of H-pyrrole nitrogens is 1. The van der Waals surface area contributed by atoms with Crippen LogP contribution in [0.2, 0.25) is 0 Å². The summed E-state index contributed by atoms with van der Waals surface area (Å²) in [7, 11) is 0. The van der Waals surface area contributed by atoms with Gasteiger partial charge in [0.05, 0.1) is 16.7 Å². The predicted molar refractivity (Wildman–Crippen MR) is 93.6 cm³/mol. The molecule has 0 atom stereocenters. The molecule has 0 saturated heterocycles. The Kier molecular flexibility index (Phi) is 3.53. The van der Waals surface area contributed by atoms with E-state index >= 15 is 0 Å². The normalized spacial score (nSPS) is 11.1. The fourth-order valence-corrected chi connectivity index (χ4v) is 3.37. The lowest BCUT2D eigenvalue weighted by atomic mass is 10.2. The highest BCUT2D eigenvalue weighted by atomic mass is 127. The van der Waals surface area contributed by atoms with Crippen LogP contribution < -0.4 is 0 Å². The number of halogens is 2. The average Bonchev–Trinajstić information content (AvgIpc) is 2.68. The number of hydrogen-bond donors (Lipinski definition) is 1. The van der Waals surface area contributed by atoms with E-state index in [1.54, 1.807) is 0 Å². The van der Waals surface area contributed by atoms with Gasteiger partial charge in [-0.1, -0.05) is 12.1 Å². The Morgan fingerprint density at radius 3 is 2.84 bits per heavy atom. The molecule has 3 rings (SSSR count). The van der Waals surface area contributed by atoms with Crippen molar-refractivity contribution in [3.05, 3.63) is 54.8 Å². The van der Waals surface area contributed by atoms with Crippen molar-refractivity contribution >= 4 is 61.8 Å². The van der Waals surface area contributed by atoms with Gasteiger partial charge < -0.3 is 4.98 Å². The molecule has 0 aliphatic heterocycles. The first-order valence-corrected chi connectivity index (χ1v) is 8.01. The van der Waals surface area contributed by atoms with E-state index in [2.05, 4.69) is 85.3 Å². The lowest BCUT2D eigenvalue weighted by Gasteiger charge is -2.09. The lowest BCUT2D eigenvalue weighted by molar-refractivity contribution is 1.05. The minimum absolute atomic E-state index is 0.711. The second kappa shape index (κ2) is 5.03. The fourth-order valence-electron chi connectivity index (χ4n) is 2.13. The smallest absolute Gasteiger partial charge is 0.182 e. The van der Waals surface area contributed by atoms with Crippen LogP contribution >= 0.6 is 50.7 Å². The highest BCUT2D eigenvalue weighted by Crippen LogP contribution is 2.28. The minimum atomic E-state index is 0.711. The summed E-state index contributed by atoms with van der Waals surface area (Å²) in [6.07, 6.45) is 0. The van der Waals surface area contributed by atoms with Gasteiger partial charge in [0.2, 0.25) is 0 Å². The number of imidazole rings is 1.